The van der Waals surface area contributed by atoms with Gasteiger partial charge in [-0.3, -0.25) is 4.79 Å². The number of aromatic nitrogens is 4. The number of ether oxygens (including phenoxy) is 1. The van der Waals surface area contributed by atoms with Crippen LogP contribution in [0.25, 0.3) is 11.4 Å². The molecule has 1 heterocycles. The molecule has 3 aromatic rings. The smallest absolute Gasteiger partial charge is 0.251 e. The van der Waals surface area contributed by atoms with E-state index >= 15 is 0 Å². The van der Waals surface area contributed by atoms with Gasteiger partial charge in [0.05, 0.1) is 7.11 Å². The minimum Gasteiger partial charge on any atom is -0.497 e. The van der Waals surface area contributed by atoms with Crippen molar-refractivity contribution in [2.45, 2.75) is 19.9 Å². The molecular formula is C19H21N5O2. The monoisotopic (exact) mass is 351 g/mol. The summed E-state index contributed by atoms with van der Waals surface area (Å²) in [6.07, 6.45) is 0.753. The van der Waals surface area contributed by atoms with Gasteiger partial charge in [0.15, 0.2) is 5.82 Å². The highest BCUT2D eigenvalue weighted by molar-refractivity contribution is 5.95. The van der Waals surface area contributed by atoms with E-state index in [4.69, 9.17) is 4.74 Å². The molecule has 1 N–H and O–H groups in total. The quantitative estimate of drug-likeness (QED) is 0.706. The molecule has 0 atom stereocenters. The average molecular weight is 351 g/mol. The first-order valence-electron chi connectivity index (χ1n) is 8.49. The molecule has 7 nitrogen and oxygen atoms in total. The Bertz CT molecular complexity index is 874. The Labute approximate surface area is 152 Å². The third-order valence-electron chi connectivity index (χ3n) is 4.07. The maximum Gasteiger partial charge on any atom is 0.251 e. The van der Waals surface area contributed by atoms with Gasteiger partial charge in [-0.25, -0.2) is 4.68 Å². The lowest BCUT2D eigenvalue weighted by molar-refractivity contribution is 0.0954. The molecule has 26 heavy (non-hydrogen) atoms. The van der Waals surface area contributed by atoms with Gasteiger partial charge in [-0.2, -0.15) is 0 Å². The van der Waals surface area contributed by atoms with E-state index in [9.17, 15) is 4.79 Å². The number of aryl methyl sites for hydroxylation is 1. The van der Waals surface area contributed by atoms with Gasteiger partial charge in [0, 0.05) is 24.2 Å². The Morgan fingerprint density at radius 2 is 2.00 bits per heavy atom. The second-order valence-corrected chi connectivity index (χ2v) is 5.75. The summed E-state index contributed by atoms with van der Waals surface area (Å²) in [5.41, 5.74) is 2.55. The number of methoxy groups -OCH3 is 1. The molecule has 0 aliphatic carbocycles. The SMILES string of the molecule is CCn1nnnc1-c1cccc(C(=O)NCCc2ccc(OC)cc2)c1. The van der Waals surface area contributed by atoms with Crippen molar-refractivity contribution in [1.29, 1.82) is 0 Å². The van der Waals surface area contributed by atoms with E-state index in [2.05, 4.69) is 20.8 Å². The highest BCUT2D eigenvalue weighted by Gasteiger charge is 2.11. The molecule has 0 fully saturated rings. The molecule has 2 aromatic carbocycles. The summed E-state index contributed by atoms with van der Waals surface area (Å²) < 4.78 is 6.84. The van der Waals surface area contributed by atoms with Crippen LogP contribution >= 0.6 is 0 Å². The molecule has 7 heteroatoms. The first-order chi connectivity index (χ1) is 12.7. The summed E-state index contributed by atoms with van der Waals surface area (Å²) in [5.74, 6) is 1.36. The highest BCUT2D eigenvalue weighted by atomic mass is 16.5. The molecular weight excluding hydrogens is 330 g/mol. The highest BCUT2D eigenvalue weighted by Crippen LogP contribution is 2.17. The Morgan fingerprint density at radius 1 is 1.19 bits per heavy atom. The fraction of sp³-hybridized carbons (Fsp3) is 0.263. The van der Waals surface area contributed by atoms with Gasteiger partial charge in [0.1, 0.15) is 5.75 Å². The maximum absolute atomic E-state index is 12.4. The van der Waals surface area contributed by atoms with E-state index in [-0.39, 0.29) is 5.91 Å². The van der Waals surface area contributed by atoms with E-state index in [0.717, 1.165) is 23.3 Å². The normalized spacial score (nSPS) is 10.5. The second kappa shape index (κ2) is 8.24. The number of benzene rings is 2. The zero-order valence-corrected chi connectivity index (χ0v) is 14.8. The van der Waals surface area contributed by atoms with Crippen LogP contribution in [0.1, 0.15) is 22.8 Å². The van der Waals surface area contributed by atoms with Crippen molar-refractivity contribution in [2.75, 3.05) is 13.7 Å². The van der Waals surface area contributed by atoms with Crippen molar-refractivity contribution in [3.8, 4) is 17.1 Å². The summed E-state index contributed by atoms with van der Waals surface area (Å²) in [5, 5.41) is 14.6. The van der Waals surface area contributed by atoms with Crippen LogP contribution in [0, 0.1) is 0 Å². The summed E-state index contributed by atoms with van der Waals surface area (Å²) in [7, 11) is 1.64. The Hall–Kier alpha value is -3.22. The molecule has 0 saturated heterocycles. The number of nitrogens with zero attached hydrogens (tertiary/aromatic N) is 4. The third kappa shape index (κ3) is 4.05. The fourth-order valence-corrected chi connectivity index (χ4v) is 2.64. The van der Waals surface area contributed by atoms with Crippen LogP contribution in [0.2, 0.25) is 0 Å². The topological polar surface area (TPSA) is 81.9 Å². The Balaban J connectivity index is 1.62. The van der Waals surface area contributed by atoms with Crippen molar-refractivity contribution < 1.29 is 9.53 Å². The number of carbonyl (C=O) groups excluding carboxylic acids is 1. The van der Waals surface area contributed by atoms with Gasteiger partial charge in [-0.15, -0.1) is 5.10 Å². The van der Waals surface area contributed by atoms with E-state index in [1.807, 2.05) is 43.3 Å². The van der Waals surface area contributed by atoms with Gasteiger partial charge in [-0.1, -0.05) is 24.3 Å². The largest absolute Gasteiger partial charge is 0.497 e. The Morgan fingerprint density at radius 3 is 2.73 bits per heavy atom. The van der Waals surface area contributed by atoms with Gasteiger partial charge in [0.2, 0.25) is 0 Å². The van der Waals surface area contributed by atoms with E-state index in [0.29, 0.717) is 24.5 Å². The lowest BCUT2D eigenvalue weighted by Crippen LogP contribution is -2.25. The number of carbonyl (C=O) groups is 1. The molecule has 0 bridgehead atoms. The fourth-order valence-electron chi connectivity index (χ4n) is 2.64. The molecule has 0 aliphatic rings. The third-order valence-corrected chi connectivity index (χ3v) is 4.07. The predicted molar refractivity (Wildman–Crippen MR) is 98.0 cm³/mol. The molecule has 3 rings (SSSR count). The van der Waals surface area contributed by atoms with Crippen molar-refractivity contribution in [1.82, 2.24) is 25.5 Å². The van der Waals surface area contributed by atoms with Crippen molar-refractivity contribution in [3.63, 3.8) is 0 Å². The average Bonchev–Trinajstić information content (AvgIpc) is 3.17. The van der Waals surface area contributed by atoms with Crippen LogP contribution in [0.5, 0.6) is 5.75 Å². The van der Waals surface area contributed by atoms with Gasteiger partial charge in [-0.05, 0) is 53.6 Å². The first-order valence-corrected chi connectivity index (χ1v) is 8.49. The first kappa shape index (κ1) is 17.6. The number of rotatable bonds is 7. The maximum atomic E-state index is 12.4. The molecule has 0 aliphatic heterocycles. The standard InChI is InChI=1S/C19H21N5O2/c1-3-24-18(21-22-23-24)15-5-4-6-16(13-15)19(25)20-12-11-14-7-9-17(26-2)10-8-14/h4-10,13H,3,11-12H2,1-2H3,(H,20,25). The van der Waals surface area contributed by atoms with Crippen LogP contribution in [-0.2, 0) is 13.0 Å². The van der Waals surface area contributed by atoms with Crippen molar-refractivity contribution in [2.24, 2.45) is 0 Å². The summed E-state index contributed by atoms with van der Waals surface area (Å²) in [4.78, 5) is 12.4. The zero-order valence-electron chi connectivity index (χ0n) is 14.8. The molecule has 0 spiro atoms. The minimum absolute atomic E-state index is 0.115. The lowest BCUT2D eigenvalue weighted by atomic mass is 10.1. The van der Waals surface area contributed by atoms with E-state index < -0.39 is 0 Å². The van der Waals surface area contributed by atoms with Gasteiger partial charge in [0.25, 0.3) is 5.91 Å². The minimum atomic E-state index is -0.115. The van der Waals surface area contributed by atoms with Crippen molar-refractivity contribution in [3.05, 3.63) is 59.7 Å². The number of hydrogen-bond acceptors (Lipinski definition) is 5. The van der Waals surface area contributed by atoms with Gasteiger partial charge < -0.3 is 10.1 Å². The van der Waals surface area contributed by atoms with E-state index in [1.54, 1.807) is 23.9 Å². The van der Waals surface area contributed by atoms with Crippen LogP contribution in [0.3, 0.4) is 0 Å². The lowest BCUT2D eigenvalue weighted by Gasteiger charge is -2.08. The molecule has 1 aromatic heterocycles. The van der Waals surface area contributed by atoms with Crippen LogP contribution < -0.4 is 10.1 Å². The number of amides is 1. The Kier molecular flexibility index (Phi) is 5.58. The molecule has 0 unspecified atom stereocenters. The summed E-state index contributed by atoms with van der Waals surface area (Å²) >= 11 is 0. The number of hydrogen-bond donors (Lipinski definition) is 1. The zero-order chi connectivity index (χ0) is 18.4. The summed E-state index contributed by atoms with van der Waals surface area (Å²) in [6.45, 7) is 3.19. The number of nitrogens with one attached hydrogen (secondary N) is 1. The summed E-state index contributed by atoms with van der Waals surface area (Å²) in [6, 6.07) is 15.1. The van der Waals surface area contributed by atoms with Crippen LogP contribution in [0.15, 0.2) is 48.5 Å². The molecule has 1 amide bonds. The number of tetrazole rings is 1. The predicted octanol–water partition coefficient (Wildman–Crippen LogP) is 2.34. The molecule has 0 radical (unpaired) electrons. The van der Waals surface area contributed by atoms with Crippen molar-refractivity contribution >= 4 is 5.91 Å². The van der Waals surface area contributed by atoms with Crippen LogP contribution in [-0.4, -0.2) is 39.8 Å². The molecule has 0 saturated carbocycles. The molecule has 134 valence electrons. The van der Waals surface area contributed by atoms with E-state index in [1.165, 1.54) is 0 Å². The van der Waals surface area contributed by atoms with Gasteiger partial charge >= 0.3 is 0 Å². The second-order valence-electron chi connectivity index (χ2n) is 5.75. The van der Waals surface area contributed by atoms with Crippen LogP contribution in [0.4, 0.5) is 0 Å².